The molecule has 0 spiro atoms. The van der Waals surface area contributed by atoms with E-state index < -0.39 is 0 Å². The zero-order valence-electron chi connectivity index (χ0n) is 13.1. The number of benzene rings is 1. The number of amides is 1. The van der Waals surface area contributed by atoms with Crippen molar-refractivity contribution < 1.29 is 4.79 Å². The van der Waals surface area contributed by atoms with E-state index in [0.29, 0.717) is 5.56 Å². The zero-order valence-corrected chi connectivity index (χ0v) is 13.1. The number of piperidine rings is 1. The lowest BCUT2D eigenvalue weighted by molar-refractivity contribution is 0.0931. The standard InChI is InChI=1S/C17H20N4O2/c1-12-3-2-4-13(9-12)17(23)19-14-5-7-21(8-6-14)15-10-16(22)20-18-11-15/h2-4,9-11,14H,5-8H2,1H3,(H,19,23)(H,20,22). The minimum Gasteiger partial charge on any atom is -0.370 e. The topological polar surface area (TPSA) is 78.1 Å². The average Bonchev–Trinajstić information content (AvgIpc) is 2.55. The van der Waals surface area contributed by atoms with Gasteiger partial charge in [0.2, 0.25) is 0 Å². The Kier molecular flexibility index (Phi) is 4.41. The number of aryl methyl sites for hydroxylation is 1. The van der Waals surface area contributed by atoms with Gasteiger partial charge in [-0.15, -0.1) is 0 Å². The van der Waals surface area contributed by atoms with E-state index in [4.69, 9.17) is 0 Å². The van der Waals surface area contributed by atoms with Crippen molar-refractivity contribution in [2.45, 2.75) is 25.8 Å². The second-order valence-corrected chi connectivity index (χ2v) is 5.91. The van der Waals surface area contributed by atoms with Gasteiger partial charge >= 0.3 is 0 Å². The lowest BCUT2D eigenvalue weighted by Gasteiger charge is -2.33. The Balaban J connectivity index is 1.57. The maximum absolute atomic E-state index is 12.3. The number of H-pyrrole nitrogens is 1. The lowest BCUT2D eigenvalue weighted by Crippen LogP contribution is -2.45. The SMILES string of the molecule is Cc1cccc(C(=O)NC2CCN(c3cn[nH]c(=O)c3)CC2)c1. The highest BCUT2D eigenvalue weighted by molar-refractivity contribution is 5.94. The van der Waals surface area contributed by atoms with E-state index in [1.807, 2.05) is 31.2 Å². The molecule has 1 aromatic heterocycles. The number of carbonyl (C=O) groups excluding carboxylic acids is 1. The highest BCUT2D eigenvalue weighted by atomic mass is 16.1. The molecule has 0 aliphatic carbocycles. The van der Waals surface area contributed by atoms with Crippen LogP contribution in [-0.4, -0.2) is 35.2 Å². The lowest BCUT2D eigenvalue weighted by atomic mass is 10.0. The molecule has 1 amide bonds. The number of nitrogens with zero attached hydrogens (tertiary/aromatic N) is 2. The van der Waals surface area contributed by atoms with Gasteiger partial charge in [0.25, 0.3) is 11.5 Å². The third-order valence-electron chi connectivity index (χ3n) is 4.13. The third-order valence-corrected chi connectivity index (χ3v) is 4.13. The quantitative estimate of drug-likeness (QED) is 0.900. The molecule has 6 heteroatoms. The average molecular weight is 312 g/mol. The molecule has 1 fully saturated rings. The van der Waals surface area contributed by atoms with Crippen molar-refractivity contribution in [3.8, 4) is 0 Å². The molecule has 1 saturated heterocycles. The van der Waals surface area contributed by atoms with Crippen molar-refractivity contribution in [1.29, 1.82) is 0 Å². The molecule has 0 atom stereocenters. The van der Waals surface area contributed by atoms with Gasteiger partial charge in [0.1, 0.15) is 0 Å². The highest BCUT2D eigenvalue weighted by Crippen LogP contribution is 2.18. The molecular weight excluding hydrogens is 292 g/mol. The molecule has 6 nitrogen and oxygen atoms in total. The van der Waals surface area contributed by atoms with Crippen LogP contribution in [0.15, 0.2) is 41.3 Å². The summed E-state index contributed by atoms with van der Waals surface area (Å²) in [4.78, 5) is 25.7. The van der Waals surface area contributed by atoms with E-state index in [-0.39, 0.29) is 17.5 Å². The number of hydrogen-bond acceptors (Lipinski definition) is 4. The van der Waals surface area contributed by atoms with Gasteiger partial charge in [0, 0.05) is 30.8 Å². The maximum Gasteiger partial charge on any atom is 0.266 e. The van der Waals surface area contributed by atoms with Crippen LogP contribution in [0.25, 0.3) is 0 Å². The monoisotopic (exact) mass is 312 g/mol. The summed E-state index contributed by atoms with van der Waals surface area (Å²) in [5.74, 6) is -0.0232. The fourth-order valence-corrected chi connectivity index (χ4v) is 2.88. The van der Waals surface area contributed by atoms with E-state index in [1.54, 1.807) is 12.3 Å². The molecule has 3 rings (SSSR count). The zero-order chi connectivity index (χ0) is 16.2. The molecule has 2 aromatic rings. The number of nitrogens with one attached hydrogen (secondary N) is 2. The summed E-state index contributed by atoms with van der Waals surface area (Å²) in [6.45, 7) is 3.57. The number of aromatic nitrogens is 2. The normalized spacial score (nSPS) is 15.4. The molecule has 1 aromatic carbocycles. The van der Waals surface area contributed by atoms with E-state index in [1.165, 1.54) is 0 Å². The summed E-state index contributed by atoms with van der Waals surface area (Å²) < 4.78 is 0. The first-order valence-electron chi connectivity index (χ1n) is 7.79. The van der Waals surface area contributed by atoms with Crippen LogP contribution in [0.1, 0.15) is 28.8 Å². The Morgan fingerprint density at radius 2 is 2.09 bits per heavy atom. The van der Waals surface area contributed by atoms with Gasteiger partial charge in [-0.1, -0.05) is 17.7 Å². The van der Waals surface area contributed by atoms with Crippen LogP contribution in [-0.2, 0) is 0 Å². The molecule has 23 heavy (non-hydrogen) atoms. The Morgan fingerprint density at radius 3 is 2.78 bits per heavy atom. The fourth-order valence-electron chi connectivity index (χ4n) is 2.88. The summed E-state index contributed by atoms with van der Waals surface area (Å²) in [6.07, 6.45) is 3.36. The first-order valence-corrected chi connectivity index (χ1v) is 7.79. The number of rotatable bonds is 3. The Morgan fingerprint density at radius 1 is 1.30 bits per heavy atom. The Bertz CT molecular complexity index is 748. The molecule has 2 heterocycles. The second-order valence-electron chi connectivity index (χ2n) is 5.91. The van der Waals surface area contributed by atoms with Crippen molar-refractivity contribution in [2.75, 3.05) is 18.0 Å². The van der Waals surface area contributed by atoms with Gasteiger partial charge in [0.05, 0.1) is 11.9 Å². The largest absolute Gasteiger partial charge is 0.370 e. The highest BCUT2D eigenvalue weighted by Gasteiger charge is 2.21. The summed E-state index contributed by atoms with van der Waals surface area (Å²) in [5.41, 5.74) is 2.41. The molecule has 120 valence electrons. The van der Waals surface area contributed by atoms with Crippen molar-refractivity contribution in [3.05, 3.63) is 58.0 Å². The van der Waals surface area contributed by atoms with E-state index in [0.717, 1.165) is 37.2 Å². The van der Waals surface area contributed by atoms with Crippen LogP contribution in [0.3, 0.4) is 0 Å². The van der Waals surface area contributed by atoms with E-state index >= 15 is 0 Å². The van der Waals surface area contributed by atoms with Crippen molar-refractivity contribution in [2.24, 2.45) is 0 Å². The predicted octanol–water partition coefficient (Wildman–Crippen LogP) is 1.48. The smallest absolute Gasteiger partial charge is 0.266 e. The van der Waals surface area contributed by atoms with Gasteiger partial charge in [-0.05, 0) is 31.9 Å². The van der Waals surface area contributed by atoms with Crippen LogP contribution in [0.2, 0.25) is 0 Å². The van der Waals surface area contributed by atoms with Crippen molar-refractivity contribution >= 4 is 11.6 Å². The predicted molar refractivity (Wildman–Crippen MR) is 88.7 cm³/mol. The number of hydrogen-bond donors (Lipinski definition) is 2. The summed E-state index contributed by atoms with van der Waals surface area (Å²) in [6, 6.07) is 9.32. The third kappa shape index (κ3) is 3.77. The maximum atomic E-state index is 12.3. The minimum atomic E-state index is -0.197. The number of aromatic amines is 1. The van der Waals surface area contributed by atoms with Crippen molar-refractivity contribution in [1.82, 2.24) is 15.5 Å². The molecule has 0 radical (unpaired) electrons. The van der Waals surface area contributed by atoms with E-state index in [9.17, 15) is 9.59 Å². The van der Waals surface area contributed by atoms with Crippen molar-refractivity contribution in [3.63, 3.8) is 0 Å². The minimum absolute atomic E-state index is 0.0232. The first kappa shape index (κ1) is 15.3. The van der Waals surface area contributed by atoms with Gasteiger partial charge < -0.3 is 10.2 Å². The van der Waals surface area contributed by atoms with Gasteiger partial charge in [-0.3, -0.25) is 9.59 Å². The number of carbonyl (C=O) groups is 1. The molecule has 2 N–H and O–H groups in total. The van der Waals surface area contributed by atoms with Crippen LogP contribution in [0.5, 0.6) is 0 Å². The molecule has 1 aliphatic rings. The van der Waals surface area contributed by atoms with E-state index in [2.05, 4.69) is 20.4 Å². The van der Waals surface area contributed by atoms with Gasteiger partial charge in [0.15, 0.2) is 0 Å². The van der Waals surface area contributed by atoms with Gasteiger partial charge in [-0.25, -0.2) is 5.10 Å². The summed E-state index contributed by atoms with van der Waals surface area (Å²) in [5, 5.41) is 9.30. The number of anilines is 1. The Labute approximate surface area is 134 Å². The summed E-state index contributed by atoms with van der Waals surface area (Å²) >= 11 is 0. The fraction of sp³-hybridized carbons (Fsp3) is 0.353. The Hall–Kier alpha value is -2.63. The molecule has 1 aliphatic heterocycles. The molecule has 0 bridgehead atoms. The van der Waals surface area contributed by atoms with Crippen LogP contribution >= 0.6 is 0 Å². The summed E-state index contributed by atoms with van der Waals surface area (Å²) in [7, 11) is 0. The van der Waals surface area contributed by atoms with Crippen LogP contribution < -0.4 is 15.8 Å². The molecule has 0 unspecified atom stereocenters. The van der Waals surface area contributed by atoms with Gasteiger partial charge in [-0.2, -0.15) is 5.10 Å². The second kappa shape index (κ2) is 6.64. The first-order chi connectivity index (χ1) is 11.1. The van der Waals surface area contributed by atoms with Crippen LogP contribution in [0.4, 0.5) is 5.69 Å². The molecule has 0 saturated carbocycles. The van der Waals surface area contributed by atoms with Crippen LogP contribution in [0, 0.1) is 6.92 Å². The molecular formula is C17H20N4O2.